The van der Waals surface area contributed by atoms with Gasteiger partial charge in [0.05, 0.1) is 0 Å². The molecule has 4 heteroatoms. The van der Waals surface area contributed by atoms with Crippen molar-refractivity contribution >= 4 is 11.9 Å². The number of hydrogen-bond acceptors (Lipinski definition) is 2. The molecule has 2 N–H and O–H groups in total. The van der Waals surface area contributed by atoms with E-state index in [1.807, 2.05) is 0 Å². The van der Waals surface area contributed by atoms with Crippen LogP contribution in [-0.2, 0) is 9.59 Å². The van der Waals surface area contributed by atoms with E-state index >= 15 is 0 Å². The first kappa shape index (κ1) is 23.3. The van der Waals surface area contributed by atoms with Crippen LogP contribution in [0.3, 0.4) is 0 Å². The smallest absolute Gasteiger partial charge is 0.303 e. The molecule has 3 aliphatic carbocycles. The number of allylic oxidation sites excluding steroid dienone is 1. The van der Waals surface area contributed by atoms with Gasteiger partial charge in [-0.25, -0.2) is 0 Å². The normalized spacial score (nSPS) is 41.5. The molecule has 30 heavy (non-hydrogen) atoms. The van der Waals surface area contributed by atoms with E-state index in [0.29, 0.717) is 40.9 Å². The second kappa shape index (κ2) is 8.67. The van der Waals surface area contributed by atoms with Crippen LogP contribution in [0.2, 0.25) is 0 Å². The summed E-state index contributed by atoms with van der Waals surface area (Å²) in [4.78, 5) is 22.5. The lowest BCUT2D eigenvalue weighted by atomic mass is 9.45. The van der Waals surface area contributed by atoms with Crippen molar-refractivity contribution < 1.29 is 19.8 Å². The molecule has 170 valence electrons. The Balaban J connectivity index is 1.82. The summed E-state index contributed by atoms with van der Waals surface area (Å²) in [5, 5.41) is 18.5. The summed E-state index contributed by atoms with van der Waals surface area (Å²) in [7, 11) is 0. The third-order valence-electron chi connectivity index (χ3n) is 9.92. The Hall–Kier alpha value is -1.32. The molecule has 3 aliphatic rings. The monoisotopic (exact) mass is 418 g/mol. The van der Waals surface area contributed by atoms with Crippen molar-refractivity contribution in [1.82, 2.24) is 0 Å². The van der Waals surface area contributed by atoms with E-state index in [4.69, 9.17) is 5.11 Å². The zero-order valence-electron chi connectivity index (χ0n) is 19.5. The predicted octanol–water partition coefficient (Wildman–Crippen LogP) is 6.40. The number of hydrogen-bond donors (Lipinski definition) is 2. The summed E-state index contributed by atoms with van der Waals surface area (Å²) in [6, 6.07) is 0. The molecule has 0 bridgehead atoms. The lowest BCUT2D eigenvalue weighted by Crippen LogP contribution is -2.52. The Morgan fingerprint density at radius 2 is 1.67 bits per heavy atom. The highest BCUT2D eigenvalue weighted by Gasteiger charge is 2.59. The molecular weight excluding hydrogens is 376 g/mol. The number of carbonyl (C=O) groups is 2. The number of fused-ring (bicyclic) bond motifs is 3. The van der Waals surface area contributed by atoms with Crippen molar-refractivity contribution in [2.24, 2.45) is 46.3 Å². The second-order valence-electron chi connectivity index (χ2n) is 11.4. The van der Waals surface area contributed by atoms with E-state index < -0.39 is 11.9 Å². The number of carboxylic acids is 2. The van der Waals surface area contributed by atoms with Crippen LogP contribution >= 0.6 is 0 Å². The number of rotatable bonds is 8. The largest absolute Gasteiger partial charge is 0.481 e. The second-order valence-corrected chi connectivity index (χ2v) is 11.4. The van der Waals surface area contributed by atoms with E-state index in [1.54, 1.807) is 0 Å². The Kier molecular flexibility index (Phi) is 6.74. The molecule has 3 fully saturated rings. The van der Waals surface area contributed by atoms with Crippen molar-refractivity contribution in [3.05, 3.63) is 12.2 Å². The fraction of sp³-hybridized carbons (Fsp3) is 0.846. The van der Waals surface area contributed by atoms with Crippen LogP contribution in [0.1, 0.15) is 91.9 Å². The maximum Gasteiger partial charge on any atom is 0.303 e. The molecular formula is C26H42O4. The molecule has 1 unspecified atom stereocenters. The summed E-state index contributed by atoms with van der Waals surface area (Å²) >= 11 is 0. The van der Waals surface area contributed by atoms with E-state index in [2.05, 4.69) is 34.3 Å². The van der Waals surface area contributed by atoms with Crippen LogP contribution < -0.4 is 0 Å². The van der Waals surface area contributed by atoms with Crippen LogP contribution in [0, 0.1) is 46.3 Å². The maximum atomic E-state index is 11.4. The first-order valence-electron chi connectivity index (χ1n) is 12.1. The zero-order valence-corrected chi connectivity index (χ0v) is 19.5. The van der Waals surface area contributed by atoms with Crippen LogP contribution in [-0.4, -0.2) is 22.2 Å². The minimum absolute atomic E-state index is 0.0292. The highest BCUT2D eigenvalue weighted by atomic mass is 16.4. The molecule has 0 amide bonds. The van der Waals surface area contributed by atoms with Crippen molar-refractivity contribution in [2.45, 2.75) is 91.9 Å². The first-order valence-corrected chi connectivity index (χ1v) is 12.1. The maximum absolute atomic E-state index is 11.4. The van der Waals surface area contributed by atoms with Gasteiger partial charge in [-0.3, -0.25) is 9.59 Å². The quantitative estimate of drug-likeness (QED) is 0.447. The molecule has 0 aromatic carbocycles. The van der Waals surface area contributed by atoms with Crippen LogP contribution in [0.25, 0.3) is 0 Å². The first-order chi connectivity index (χ1) is 14.0. The van der Waals surface area contributed by atoms with Crippen molar-refractivity contribution in [3.63, 3.8) is 0 Å². The Morgan fingerprint density at radius 1 is 1.00 bits per heavy atom. The minimum atomic E-state index is -0.687. The molecule has 0 aromatic rings. The molecule has 0 aromatic heterocycles. The van der Waals surface area contributed by atoms with Gasteiger partial charge >= 0.3 is 11.9 Å². The van der Waals surface area contributed by atoms with Gasteiger partial charge in [0.2, 0.25) is 0 Å². The lowest BCUT2D eigenvalue weighted by molar-refractivity contribution is -0.140. The van der Waals surface area contributed by atoms with Crippen LogP contribution in [0.15, 0.2) is 12.2 Å². The third kappa shape index (κ3) is 4.08. The molecule has 4 nitrogen and oxygen atoms in total. The molecule has 0 saturated heterocycles. The van der Waals surface area contributed by atoms with Gasteiger partial charge in [-0.05, 0) is 105 Å². The fourth-order valence-corrected chi connectivity index (χ4v) is 8.53. The van der Waals surface area contributed by atoms with Gasteiger partial charge in [0.25, 0.3) is 0 Å². The SMILES string of the molecule is C=C(C)C1CC[C@H]2[C@@H]3CC[C@H]([C@H](C)CCC(=O)O)[C@@]3(C)CC[C@@H]2[C@@]1(C)CCC(=O)O. The highest BCUT2D eigenvalue weighted by molar-refractivity contribution is 5.67. The summed E-state index contributed by atoms with van der Waals surface area (Å²) in [6.45, 7) is 13.5. The van der Waals surface area contributed by atoms with E-state index in [-0.39, 0.29) is 18.3 Å². The Bertz CT molecular complexity index is 685. The van der Waals surface area contributed by atoms with Crippen LogP contribution in [0.5, 0.6) is 0 Å². The van der Waals surface area contributed by atoms with Gasteiger partial charge in [-0.2, -0.15) is 0 Å². The molecule has 0 aliphatic heterocycles. The molecule has 0 radical (unpaired) electrons. The topological polar surface area (TPSA) is 74.6 Å². The fourth-order valence-electron chi connectivity index (χ4n) is 8.53. The van der Waals surface area contributed by atoms with Gasteiger partial charge in [0.1, 0.15) is 0 Å². The van der Waals surface area contributed by atoms with Gasteiger partial charge in [-0.1, -0.05) is 32.9 Å². The van der Waals surface area contributed by atoms with E-state index in [0.717, 1.165) is 19.3 Å². The average Bonchev–Trinajstić information content (AvgIpc) is 3.02. The molecule has 0 spiro atoms. The summed E-state index contributed by atoms with van der Waals surface area (Å²) in [5.74, 6) is 2.08. The van der Waals surface area contributed by atoms with Crippen LogP contribution in [0.4, 0.5) is 0 Å². The van der Waals surface area contributed by atoms with Gasteiger partial charge in [0, 0.05) is 12.8 Å². The molecule has 3 rings (SSSR count). The summed E-state index contributed by atoms with van der Waals surface area (Å²) < 4.78 is 0. The minimum Gasteiger partial charge on any atom is -0.481 e. The lowest BCUT2D eigenvalue weighted by Gasteiger charge is -2.60. The van der Waals surface area contributed by atoms with E-state index in [1.165, 1.54) is 37.7 Å². The third-order valence-corrected chi connectivity index (χ3v) is 9.92. The molecule has 0 heterocycles. The van der Waals surface area contributed by atoms with Gasteiger partial charge < -0.3 is 10.2 Å². The van der Waals surface area contributed by atoms with Crippen molar-refractivity contribution in [1.29, 1.82) is 0 Å². The number of aliphatic carboxylic acids is 2. The van der Waals surface area contributed by atoms with Gasteiger partial charge in [-0.15, -0.1) is 0 Å². The van der Waals surface area contributed by atoms with Crippen molar-refractivity contribution in [3.8, 4) is 0 Å². The van der Waals surface area contributed by atoms with Crippen molar-refractivity contribution in [2.75, 3.05) is 0 Å². The number of carboxylic acid groups (broad SMARTS) is 2. The molecule has 8 atom stereocenters. The summed E-state index contributed by atoms with van der Waals surface area (Å²) in [5.41, 5.74) is 1.56. The standard InChI is InChI=1S/C26H42O4/c1-16(2)19-8-7-18-21-10-9-20(17(3)6-11-23(27)28)26(21,5)14-12-22(18)25(19,4)15-13-24(29)30/h17-22H,1,6-15H2,2-5H3,(H,27,28)(H,29,30)/t17-,18+,19?,20-,21+,22+,25+,26-/m1/s1. The average molecular weight is 419 g/mol. The highest BCUT2D eigenvalue weighted by Crippen LogP contribution is 2.67. The zero-order chi connectivity index (χ0) is 22.3. The Morgan fingerprint density at radius 3 is 2.27 bits per heavy atom. The van der Waals surface area contributed by atoms with E-state index in [9.17, 15) is 14.7 Å². The summed E-state index contributed by atoms with van der Waals surface area (Å²) in [6.07, 6.45) is 9.30. The molecule has 3 saturated carbocycles. The van der Waals surface area contributed by atoms with Gasteiger partial charge in [0.15, 0.2) is 0 Å². The Labute approximate surface area is 182 Å². The predicted molar refractivity (Wildman–Crippen MR) is 119 cm³/mol.